The minimum Gasteiger partial charge on any atom is -0.486 e. The van der Waals surface area contributed by atoms with Gasteiger partial charge in [0.05, 0.1) is 24.6 Å². The Hall–Kier alpha value is -4.33. The van der Waals surface area contributed by atoms with Crippen LogP contribution in [0.5, 0.6) is 5.75 Å². The topological polar surface area (TPSA) is 87.1 Å². The van der Waals surface area contributed by atoms with Crippen LogP contribution in [0.4, 0.5) is 5.69 Å². The van der Waals surface area contributed by atoms with Gasteiger partial charge in [0.25, 0.3) is 5.91 Å². The molecule has 5 aromatic rings. The number of ether oxygens (including phenoxy) is 1. The average Bonchev–Trinajstić information content (AvgIpc) is 3.59. The summed E-state index contributed by atoms with van der Waals surface area (Å²) in [6, 6.07) is 17.4. The number of benzene rings is 2. The summed E-state index contributed by atoms with van der Waals surface area (Å²) in [5, 5.41) is 13.6. The maximum absolute atomic E-state index is 12.6. The molecule has 0 aliphatic rings. The number of rotatable bonds is 8. The van der Waals surface area contributed by atoms with E-state index in [9.17, 15) is 4.79 Å². The van der Waals surface area contributed by atoms with Crippen molar-refractivity contribution in [1.82, 2.24) is 19.6 Å². The summed E-state index contributed by atoms with van der Waals surface area (Å²) in [6.07, 6.45) is 7.17. The van der Waals surface area contributed by atoms with Crippen LogP contribution in [-0.4, -0.2) is 25.5 Å². The number of amides is 1. The highest BCUT2D eigenvalue weighted by atomic mass is 16.5. The number of furan rings is 1. The minimum absolute atomic E-state index is 0.212. The molecule has 0 saturated heterocycles. The molecule has 3 aromatic heterocycles. The number of aromatic nitrogens is 4. The van der Waals surface area contributed by atoms with E-state index in [1.165, 1.54) is 0 Å². The number of carbonyl (C=O) groups excluding carboxylic acids is 1. The zero-order valence-electron chi connectivity index (χ0n) is 18.1. The highest BCUT2D eigenvalue weighted by Crippen LogP contribution is 2.22. The lowest BCUT2D eigenvalue weighted by Gasteiger charge is -2.06. The van der Waals surface area contributed by atoms with Gasteiger partial charge in [0.2, 0.25) is 0 Å². The summed E-state index contributed by atoms with van der Waals surface area (Å²) >= 11 is 0. The molecule has 0 spiro atoms. The van der Waals surface area contributed by atoms with Crippen molar-refractivity contribution in [3.05, 3.63) is 96.5 Å². The Morgan fingerprint density at radius 3 is 2.70 bits per heavy atom. The second-order valence-electron chi connectivity index (χ2n) is 7.65. The Bertz CT molecular complexity index is 1400. The number of nitrogens with zero attached hydrogens (tertiary/aromatic N) is 4. The molecule has 2 aromatic carbocycles. The first-order valence-corrected chi connectivity index (χ1v) is 10.7. The van der Waals surface area contributed by atoms with Crippen LogP contribution in [0.3, 0.4) is 0 Å². The number of hydrogen-bond donors (Lipinski definition) is 1. The van der Waals surface area contributed by atoms with E-state index in [0.717, 1.165) is 28.6 Å². The van der Waals surface area contributed by atoms with Crippen LogP contribution in [0.15, 0.2) is 83.8 Å². The van der Waals surface area contributed by atoms with Crippen LogP contribution in [0.2, 0.25) is 0 Å². The van der Waals surface area contributed by atoms with Gasteiger partial charge in [-0.25, -0.2) is 0 Å². The second-order valence-corrected chi connectivity index (χ2v) is 7.65. The summed E-state index contributed by atoms with van der Waals surface area (Å²) < 4.78 is 15.1. The lowest BCUT2D eigenvalue weighted by Crippen LogP contribution is -2.10. The third-order valence-corrected chi connectivity index (χ3v) is 5.23. The van der Waals surface area contributed by atoms with E-state index >= 15 is 0 Å². The predicted molar refractivity (Wildman–Crippen MR) is 124 cm³/mol. The van der Waals surface area contributed by atoms with E-state index in [1.807, 2.05) is 60.4 Å². The number of hydrogen-bond acceptors (Lipinski definition) is 5. The first-order valence-electron chi connectivity index (χ1n) is 10.7. The van der Waals surface area contributed by atoms with Crippen molar-refractivity contribution in [3.63, 3.8) is 0 Å². The molecule has 166 valence electrons. The Labute approximate surface area is 190 Å². The third-order valence-electron chi connectivity index (χ3n) is 5.23. The number of nitrogens with one attached hydrogen (secondary N) is 1. The first-order chi connectivity index (χ1) is 16.2. The summed E-state index contributed by atoms with van der Waals surface area (Å²) in [5.74, 6) is 1.18. The van der Waals surface area contributed by atoms with Crippen molar-refractivity contribution in [1.29, 1.82) is 0 Å². The maximum Gasteiger partial charge on any atom is 0.291 e. The Morgan fingerprint density at radius 2 is 1.85 bits per heavy atom. The normalized spacial score (nSPS) is 11.1. The lowest BCUT2D eigenvalue weighted by molar-refractivity contribution is 0.0992. The van der Waals surface area contributed by atoms with E-state index in [0.29, 0.717) is 18.0 Å². The van der Waals surface area contributed by atoms with Crippen molar-refractivity contribution < 1.29 is 13.9 Å². The predicted octanol–water partition coefficient (Wildman–Crippen LogP) is 4.73. The summed E-state index contributed by atoms with van der Waals surface area (Å²) in [6.45, 7) is 3.66. The molecule has 1 amide bonds. The van der Waals surface area contributed by atoms with Crippen molar-refractivity contribution in [3.8, 4) is 5.75 Å². The Balaban J connectivity index is 1.17. The fraction of sp³-hybridized carbons (Fsp3) is 0.160. The fourth-order valence-electron chi connectivity index (χ4n) is 3.54. The van der Waals surface area contributed by atoms with E-state index in [-0.39, 0.29) is 18.3 Å². The lowest BCUT2D eigenvalue weighted by atomic mass is 10.1. The van der Waals surface area contributed by atoms with E-state index in [2.05, 4.69) is 21.6 Å². The van der Waals surface area contributed by atoms with Crippen LogP contribution < -0.4 is 10.1 Å². The van der Waals surface area contributed by atoms with E-state index in [4.69, 9.17) is 9.15 Å². The molecule has 8 nitrogen and oxygen atoms in total. The zero-order valence-corrected chi connectivity index (χ0v) is 18.1. The molecule has 3 heterocycles. The van der Waals surface area contributed by atoms with Crippen LogP contribution in [0.25, 0.3) is 10.8 Å². The van der Waals surface area contributed by atoms with Gasteiger partial charge in [0.15, 0.2) is 5.76 Å². The van der Waals surface area contributed by atoms with Gasteiger partial charge in [-0.1, -0.05) is 30.3 Å². The van der Waals surface area contributed by atoms with Crippen molar-refractivity contribution in [2.24, 2.45) is 0 Å². The molecule has 1 N–H and O–H groups in total. The molecular weight excluding hydrogens is 418 g/mol. The monoisotopic (exact) mass is 441 g/mol. The minimum atomic E-state index is -0.342. The van der Waals surface area contributed by atoms with Gasteiger partial charge in [0.1, 0.15) is 18.1 Å². The van der Waals surface area contributed by atoms with Crippen LogP contribution >= 0.6 is 0 Å². The number of anilines is 1. The van der Waals surface area contributed by atoms with Gasteiger partial charge in [-0.3, -0.25) is 14.2 Å². The van der Waals surface area contributed by atoms with Gasteiger partial charge in [0, 0.05) is 24.5 Å². The van der Waals surface area contributed by atoms with Gasteiger partial charge in [-0.15, -0.1) is 0 Å². The van der Waals surface area contributed by atoms with Gasteiger partial charge in [-0.2, -0.15) is 10.2 Å². The van der Waals surface area contributed by atoms with Gasteiger partial charge >= 0.3 is 0 Å². The molecule has 8 heteroatoms. The first kappa shape index (κ1) is 20.6. The van der Waals surface area contributed by atoms with Crippen LogP contribution in [0, 0.1) is 0 Å². The standard InChI is InChI=1S/C25H23N5O3/c1-2-29-14-18(12-26-29)15-30-16-21(13-27-30)28-25(31)24-10-9-23(33-24)17-32-22-8-7-19-5-3-4-6-20(19)11-22/h3-14,16H,2,15,17H2,1H3,(H,28,31). The average molecular weight is 441 g/mol. The maximum atomic E-state index is 12.6. The Kier molecular flexibility index (Phi) is 5.63. The summed E-state index contributed by atoms with van der Waals surface area (Å²) in [4.78, 5) is 12.6. The molecular formula is C25H23N5O3. The molecule has 0 unspecified atom stereocenters. The third kappa shape index (κ3) is 4.79. The van der Waals surface area contributed by atoms with Gasteiger partial charge < -0.3 is 14.5 Å². The molecule has 0 radical (unpaired) electrons. The Morgan fingerprint density at radius 1 is 1.00 bits per heavy atom. The fourth-order valence-corrected chi connectivity index (χ4v) is 3.54. The SMILES string of the molecule is CCn1cc(Cn2cc(NC(=O)c3ccc(COc4ccc5ccccc5c4)o3)cn2)cn1. The second kappa shape index (κ2) is 9.04. The molecule has 5 rings (SSSR count). The van der Waals surface area contributed by atoms with Crippen molar-refractivity contribution in [2.45, 2.75) is 26.6 Å². The molecule has 0 fully saturated rings. The zero-order chi connectivity index (χ0) is 22.6. The largest absolute Gasteiger partial charge is 0.486 e. The molecule has 0 aliphatic carbocycles. The summed E-state index contributed by atoms with van der Waals surface area (Å²) in [5.41, 5.74) is 1.63. The van der Waals surface area contributed by atoms with Crippen LogP contribution in [-0.2, 0) is 19.7 Å². The molecule has 33 heavy (non-hydrogen) atoms. The van der Waals surface area contributed by atoms with Gasteiger partial charge in [-0.05, 0) is 42.0 Å². The molecule has 0 saturated carbocycles. The van der Waals surface area contributed by atoms with Crippen molar-refractivity contribution in [2.75, 3.05) is 5.32 Å². The highest BCUT2D eigenvalue weighted by Gasteiger charge is 2.13. The number of fused-ring (bicyclic) bond motifs is 1. The highest BCUT2D eigenvalue weighted by molar-refractivity contribution is 6.02. The number of carbonyl (C=O) groups is 1. The smallest absolute Gasteiger partial charge is 0.291 e. The van der Waals surface area contributed by atoms with Crippen molar-refractivity contribution >= 4 is 22.4 Å². The van der Waals surface area contributed by atoms with Crippen LogP contribution in [0.1, 0.15) is 28.8 Å². The quantitative estimate of drug-likeness (QED) is 0.376. The van der Waals surface area contributed by atoms with E-state index < -0.39 is 0 Å². The van der Waals surface area contributed by atoms with E-state index in [1.54, 1.807) is 29.2 Å². The number of aryl methyl sites for hydroxylation is 1. The molecule has 0 aliphatic heterocycles. The molecule has 0 atom stereocenters. The molecule has 0 bridgehead atoms. The summed E-state index contributed by atoms with van der Waals surface area (Å²) in [7, 11) is 0.